The second-order valence-electron chi connectivity index (χ2n) is 5.42. The molecule has 0 saturated carbocycles. The average Bonchev–Trinajstić information content (AvgIpc) is 2.53. The zero-order chi connectivity index (χ0) is 15.8. The van der Waals surface area contributed by atoms with Crippen LogP contribution < -0.4 is 10.1 Å². The molecule has 1 aliphatic rings. The molecule has 2 N–H and O–H groups in total. The number of para-hydroxylation sites is 1. The van der Waals surface area contributed by atoms with Gasteiger partial charge in [0.25, 0.3) is 0 Å². The van der Waals surface area contributed by atoms with Crippen LogP contribution in [0.25, 0.3) is 0 Å². The third-order valence-corrected chi connectivity index (χ3v) is 3.66. The lowest BCUT2D eigenvalue weighted by Gasteiger charge is -2.29. The number of hydrogen-bond donors (Lipinski definition) is 2. The van der Waals surface area contributed by atoms with Crippen molar-refractivity contribution in [3.63, 3.8) is 0 Å². The minimum atomic E-state index is -0.777. The molecule has 1 aromatic carbocycles. The highest BCUT2D eigenvalue weighted by atomic mass is 16.5. The number of carbonyl (C=O) groups is 2. The van der Waals surface area contributed by atoms with Crippen molar-refractivity contribution in [2.45, 2.75) is 12.8 Å². The molecule has 0 unspecified atom stereocenters. The van der Waals surface area contributed by atoms with Gasteiger partial charge in [-0.2, -0.15) is 0 Å². The number of likely N-dealkylation sites (tertiary alicyclic amines) is 1. The monoisotopic (exact) mass is 306 g/mol. The van der Waals surface area contributed by atoms with E-state index in [1.54, 1.807) is 0 Å². The summed E-state index contributed by atoms with van der Waals surface area (Å²) in [5.74, 6) is -0.455. The Hall–Kier alpha value is -2.08. The maximum absolute atomic E-state index is 11.8. The molecule has 0 radical (unpaired) electrons. The van der Waals surface area contributed by atoms with Crippen LogP contribution in [0.15, 0.2) is 30.3 Å². The van der Waals surface area contributed by atoms with Crippen molar-refractivity contribution in [2.24, 2.45) is 5.92 Å². The molecule has 1 fully saturated rings. The minimum Gasteiger partial charge on any atom is -0.492 e. The number of ether oxygens (including phenoxy) is 1. The number of carboxylic acids is 1. The highest BCUT2D eigenvalue weighted by molar-refractivity contribution is 5.78. The van der Waals surface area contributed by atoms with E-state index in [1.807, 2.05) is 35.2 Å². The second kappa shape index (κ2) is 8.38. The van der Waals surface area contributed by atoms with Crippen LogP contribution in [0.2, 0.25) is 0 Å². The molecule has 1 saturated heterocycles. The molecule has 0 spiro atoms. The van der Waals surface area contributed by atoms with Crippen molar-refractivity contribution in [3.05, 3.63) is 30.3 Å². The van der Waals surface area contributed by atoms with E-state index in [2.05, 4.69) is 5.32 Å². The molecule has 120 valence electrons. The number of aliphatic carboxylic acids is 1. The SMILES string of the molecule is O=C(CN1CCC[C@@H](C(=O)O)C1)NCCOc1ccccc1. The van der Waals surface area contributed by atoms with Gasteiger partial charge >= 0.3 is 5.97 Å². The lowest BCUT2D eigenvalue weighted by Crippen LogP contribution is -2.44. The van der Waals surface area contributed by atoms with Crippen LogP contribution in [0.1, 0.15) is 12.8 Å². The van der Waals surface area contributed by atoms with Gasteiger partial charge in [0.15, 0.2) is 0 Å². The molecule has 1 atom stereocenters. The molecule has 6 nitrogen and oxygen atoms in total. The van der Waals surface area contributed by atoms with E-state index in [1.165, 1.54) is 0 Å². The summed E-state index contributed by atoms with van der Waals surface area (Å²) in [6.45, 7) is 2.31. The highest BCUT2D eigenvalue weighted by Crippen LogP contribution is 2.16. The molecular formula is C16H22N2O4. The Labute approximate surface area is 130 Å². The Morgan fingerprint density at radius 2 is 2.09 bits per heavy atom. The number of piperidine rings is 1. The third-order valence-electron chi connectivity index (χ3n) is 3.66. The van der Waals surface area contributed by atoms with E-state index < -0.39 is 5.97 Å². The fourth-order valence-corrected chi connectivity index (χ4v) is 2.54. The van der Waals surface area contributed by atoms with Crippen LogP contribution in [0.4, 0.5) is 0 Å². The van der Waals surface area contributed by atoms with Gasteiger partial charge in [0.05, 0.1) is 19.0 Å². The van der Waals surface area contributed by atoms with Gasteiger partial charge in [0, 0.05) is 6.54 Å². The van der Waals surface area contributed by atoms with Crippen molar-refractivity contribution in [2.75, 3.05) is 32.8 Å². The van der Waals surface area contributed by atoms with Gasteiger partial charge in [-0.3, -0.25) is 14.5 Å². The topological polar surface area (TPSA) is 78.9 Å². The van der Waals surface area contributed by atoms with Crippen LogP contribution in [-0.4, -0.2) is 54.7 Å². The molecule has 0 aromatic heterocycles. The fraction of sp³-hybridized carbons (Fsp3) is 0.500. The molecule has 0 bridgehead atoms. The predicted octanol–water partition coefficient (Wildman–Crippen LogP) is 0.978. The van der Waals surface area contributed by atoms with Crippen molar-refractivity contribution in [1.82, 2.24) is 10.2 Å². The first-order chi connectivity index (χ1) is 10.6. The van der Waals surface area contributed by atoms with Crippen LogP contribution in [0, 0.1) is 5.92 Å². The standard InChI is InChI=1S/C16H22N2O4/c19-15(12-18-9-4-5-13(11-18)16(20)21)17-8-10-22-14-6-2-1-3-7-14/h1-3,6-7,13H,4-5,8-12H2,(H,17,19)(H,20,21)/t13-/m1/s1. The molecule has 1 amide bonds. The van der Waals surface area contributed by atoms with Crippen molar-refractivity contribution >= 4 is 11.9 Å². The van der Waals surface area contributed by atoms with Crippen molar-refractivity contribution < 1.29 is 19.4 Å². The molecule has 1 aromatic rings. The zero-order valence-electron chi connectivity index (χ0n) is 12.5. The first-order valence-electron chi connectivity index (χ1n) is 7.55. The van der Waals surface area contributed by atoms with Gasteiger partial charge in [-0.15, -0.1) is 0 Å². The molecular weight excluding hydrogens is 284 g/mol. The molecule has 22 heavy (non-hydrogen) atoms. The first-order valence-corrected chi connectivity index (χ1v) is 7.55. The van der Waals surface area contributed by atoms with Crippen molar-refractivity contribution in [3.8, 4) is 5.75 Å². The van der Waals surface area contributed by atoms with Crippen LogP contribution >= 0.6 is 0 Å². The van der Waals surface area contributed by atoms with Crippen LogP contribution in [0.3, 0.4) is 0 Å². The van der Waals surface area contributed by atoms with Gasteiger partial charge in [0.1, 0.15) is 12.4 Å². The molecule has 6 heteroatoms. The number of hydrogen-bond acceptors (Lipinski definition) is 4. The van der Waals surface area contributed by atoms with Gasteiger partial charge < -0.3 is 15.2 Å². The number of carbonyl (C=O) groups excluding carboxylic acids is 1. The summed E-state index contributed by atoms with van der Waals surface area (Å²) in [6.07, 6.45) is 1.51. The normalized spacial score (nSPS) is 18.6. The summed E-state index contributed by atoms with van der Waals surface area (Å²) >= 11 is 0. The summed E-state index contributed by atoms with van der Waals surface area (Å²) in [5, 5.41) is 11.8. The van der Waals surface area contributed by atoms with Gasteiger partial charge in [-0.1, -0.05) is 18.2 Å². The van der Waals surface area contributed by atoms with E-state index >= 15 is 0 Å². The maximum Gasteiger partial charge on any atom is 0.307 e. The Bertz CT molecular complexity index is 492. The molecule has 1 heterocycles. The summed E-state index contributed by atoms with van der Waals surface area (Å²) < 4.78 is 5.49. The largest absolute Gasteiger partial charge is 0.492 e. The van der Waals surface area contributed by atoms with Crippen LogP contribution in [0.5, 0.6) is 5.75 Å². The molecule has 1 aliphatic heterocycles. The van der Waals surface area contributed by atoms with Gasteiger partial charge in [-0.05, 0) is 31.5 Å². The number of benzene rings is 1. The van der Waals surface area contributed by atoms with Gasteiger partial charge in [-0.25, -0.2) is 0 Å². The average molecular weight is 306 g/mol. The van der Waals surface area contributed by atoms with Gasteiger partial charge in [0.2, 0.25) is 5.91 Å². The highest BCUT2D eigenvalue weighted by Gasteiger charge is 2.26. The lowest BCUT2D eigenvalue weighted by molar-refractivity contribution is -0.144. The lowest BCUT2D eigenvalue weighted by atomic mass is 9.98. The first kappa shape index (κ1) is 16.3. The van der Waals surface area contributed by atoms with E-state index in [4.69, 9.17) is 9.84 Å². The summed E-state index contributed by atoms with van der Waals surface area (Å²) in [7, 11) is 0. The smallest absolute Gasteiger partial charge is 0.307 e. The number of amides is 1. The summed E-state index contributed by atoms with van der Waals surface area (Å²) in [4.78, 5) is 24.7. The number of nitrogens with one attached hydrogen (secondary N) is 1. The van der Waals surface area contributed by atoms with Crippen molar-refractivity contribution in [1.29, 1.82) is 0 Å². The summed E-state index contributed by atoms with van der Waals surface area (Å²) in [5.41, 5.74) is 0. The number of rotatable bonds is 7. The molecule has 0 aliphatic carbocycles. The second-order valence-corrected chi connectivity index (χ2v) is 5.42. The number of carboxylic acid groups (broad SMARTS) is 1. The van der Waals surface area contributed by atoms with Crippen LogP contribution in [-0.2, 0) is 9.59 Å². The fourth-order valence-electron chi connectivity index (χ4n) is 2.54. The predicted molar refractivity (Wildman–Crippen MR) is 81.7 cm³/mol. The Morgan fingerprint density at radius 1 is 1.32 bits per heavy atom. The van der Waals surface area contributed by atoms with E-state index in [0.717, 1.165) is 18.7 Å². The Balaban J connectivity index is 1.62. The maximum atomic E-state index is 11.8. The molecule has 2 rings (SSSR count). The quantitative estimate of drug-likeness (QED) is 0.734. The third kappa shape index (κ3) is 5.37. The van der Waals surface area contributed by atoms with E-state index in [0.29, 0.717) is 26.1 Å². The minimum absolute atomic E-state index is 0.0947. The van der Waals surface area contributed by atoms with E-state index in [9.17, 15) is 9.59 Å². The summed E-state index contributed by atoms with van der Waals surface area (Å²) in [6, 6.07) is 9.42. The Morgan fingerprint density at radius 3 is 2.82 bits per heavy atom. The zero-order valence-corrected chi connectivity index (χ0v) is 12.5. The van der Waals surface area contributed by atoms with E-state index in [-0.39, 0.29) is 18.4 Å². The number of nitrogens with zero attached hydrogens (tertiary/aromatic N) is 1. The Kier molecular flexibility index (Phi) is 6.21.